The van der Waals surface area contributed by atoms with E-state index in [1.807, 2.05) is 6.92 Å². The van der Waals surface area contributed by atoms with Gasteiger partial charge in [0.15, 0.2) is 0 Å². The molecule has 1 saturated heterocycles. The van der Waals surface area contributed by atoms with E-state index in [9.17, 15) is 0 Å². The molecule has 10 heavy (non-hydrogen) atoms. The molecule has 0 amide bonds. The third kappa shape index (κ3) is 1.49. The van der Waals surface area contributed by atoms with Crippen LogP contribution in [0.2, 0.25) is 0 Å². The van der Waals surface area contributed by atoms with Crippen molar-refractivity contribution in [1.29, 1.82) is 5.41 Å². The zero-order valence-electron chi connectivity index (χ0n) is 6.85. The maximum atomic E-state index is 7.45. The Morgan fingerprint density at radius 3 is 2.60 bits per heavy atom. The van der Waals surface area contributed by atoms with Crippen LogP contribution in [0.15, 0.2) is 0 Å². The van der Waals surface area contributed by atoms with Crippen molar-refractivity contribution < 1.29 is 0 Å². The fourth-order valence-electron chi connectivity index (χ4n) is 1.60. The highest BCUT2D eigenvalue weighted by Gasteiger charge is 2.17. The van der Waals surface area contributed by atoms with E-state index < -0.39 is 0 Å². The van der Waals surface area contributed by atoms with E-state index in [0.29, 0.717) is 6.04 Å². The molecule has 0 aromatic rings. The predicted molar refractivity (Wildman–Crippen MR) is 43.4 cm³/mol. The van der Waals surface area contributed by atoms with Crippen LogP contribution in [-0.2, 0) is 0 Å². The summed E-state index contributed by atoms with van der Waals surface area (Å²) in [6.45, 7) is 5.18. The van der Waals surface area contributed by atoms with Gasteiger partial charge in [0.05, 0.1) is 5.84 Å². The molecule has 1 fully saturated rings. The lowest BCUT2D eigenvalue weighted by atomic mass is 10.0. The van der Waals surface area contributed by atoms with E-state index in [0.717, 1.165) is 12.4 Å². The summed E-state index contributed by atoms with van der Waals surface area (Å²) < 4.78 is 0. The molecule has 1 unspecified atom stereocenters. The van der Waals surface area contributed by atoms with Gasteiger partial charge in [0, 0.05) is 12.6 Å². The first kappa shape index (κ1) is 7.58. The average Bonchev–Trinajstić information content (AvgIpc) is 1.88. The molecule has 0 spiro atoms. The Hall–Kier alpha value is -0.530. The Morgan fingerprint density at radius 2 is 2.20 bits per heavy atom. The minimum absolute atomic E-state index is 0.603. The van der Waals surface area contributed by atoms with Gasteiger partial charge in [-0.2, -0.15) is 0 Å². The second-order valence-electron chi connectivity index (χ2n) is 3.12. The third-order valence-electron chi connectivity index (χ3n) is 2.23. The van der Waals surface area contributed by atoms with E-state index >= 15 is 0 Å². The lowest BCUT2D eigenvalue weighted by molar-refractivity contribution is 0.255. The van der Waals surface area contributed by atoms with E-state index in [2.05, 4.69) is 11.8 Å². The second kappa shape index (κ2) is 3.04. The summed E-state index contributed by atoms with van der Waals surface area (Å²) in [4.78, 5) is 2.18. The molecule has 1 N–H and O–H groups in total. The molecule has 1 atom stereocenters. The van der Waals surface area contributed by atoms with Crippen LogP contribution >= 0.6 is 0 Å². The summed E-state index contributed by atoms with van der Waals surface area (Å²) in [5.41, 5.74) is 0. The largest absolute Gasteiger partial charge is 0.358 e. The van der Waals surface area contributed by atoms with Crippen LogP contribution in [0, 0.1) is 5.41 Å². The second-order valence-corrected chi connectivity index (χ2v) is 3.12. The zero-order valence-corrected chi connectivity index (χ0v) is 6.85. The van der Waals surface area contributed by atoms with Gasteiger partial charge in [-0.1, -0.05) is 0 Å². The Morgan fingerprint density at radius 1 is 1.50 bits per heavy atom. The molecule has 0 aromatic carbocycles. The summed E-state index contributed by atoms with van der Waals surface area (Å²) in [7, 11) is 0. The number of hydrogen-bond acceptors (Lipinski definition) is 1. The minimum atomic E-state index is 0.603. The Bertz CT molecular complexity index is 131. The highest BCUT2D eigenvalue weighted by Crippen LogP contribution is 2.15. The summed E-state index contributed by atoms with van der Waals surface area (Å²) in [5.74, 6) is 0.729. The van der Waals surface area contributed by atoms with Crippen LogP contribution < -0.4 is 0 Å². The highest BCUT2D eigenvalue weighted by molar-refractivity contribution is 5.76. The number of nitrogens with zero attached hydrogens (tertiary/aromatic N) is 1. The van der Waals surface area contributed by atoms with Crippen LogP contribution in [0.25, 0.3) is 0 Å². The standard InChI is InChI=1S/C8H16N2/c1-7-5-3-4-6-10(7)8(2)9/h7,9H,3-6H2,1-2H3. The van der Waals surface area contributed by atoms with Gasteiger partial charge in [-0.15, -0.1) is 0 Å². The van der Waals surface area contributed by atoms with Crippen molar-refractivity contribution in [2.45, 2.75) is 39.2 Å². The molecule has 58 valence electrons. The molecule has 0 bridgehead atoms. The van der Waals surface area contributed by atoms with Crippen LogP contribution in [0.4, 0.5) is 0 Å². The van der Waals surface area contributed by atoms with Gasteiger partial charge in [-0.05, 0) is 33.1 Å². The molecule has 2 nitrogen and oxygen atoms in total. The van der Waals surface area contributed by atoms with E-state index in [1.54, 1.807) is 0 Å². The number of nitrogens with one attached hydrogen (secondary N) is 1. The Labute approximate surface area is 62.7 Å². The Kier molecular flexibility index (Phi) is 2.30. The molecule has 2 heteroatoms. The number of hydrogen-bond donors (Lipinski definition) is 1. The first-order chi connectivity index (χ1) is 4.72. The maximum absolute atomic E-state index is 7.45. The summed E-state index contributed by atoms with van der Waals surface area (Å²) in [6.07, 6.45) is 3.86. The lowest BCUT2D eigenvalue weighted by Crippen LogP contribution is -2.40. The van der Waals surface area contributed by atoms with Crippen LogP contribution in [0.5, 0.6) is 0 Å². The van der Waals surface area contributed by atoms with Crippen molar-refractivity contribution in [3.63, 3.8) is 0 Å². The van der Waals surface area contributed by atoms with Gasteiger partial charge < -0.3 is 4.90 Å². The SMILES string of the molecule is CC(=N)N1CCCCC1C. The fraction of sp³-hybridized carbons (Fsp3) is 0.875. The number of amidine groups is 1. The molecule has 0 saturated carbocycles. The molecule has 0 aromatic heterocycles. The van der Waals surface area contributed by atoms with Crippen molar-refractivity contribution >= 4 is 5.84 Å². The minimum Gasteiger partial charge on any atom is -0.358 e. The van der Waals surface area contributed by atoms with Gasteiger partial charge in [-0.25, -0.2) is 0 Å². The fourth-order valence-corrected chi connectivity index (χ4v) is 1.60. The normalized spacial score (nSPS) is 26.6. The summed E-state index contributed by atoms with van der Waals surface area (Å²) in [5, 5.41) is 7.45. The van der Waals surface area contributed by atoms with Crippen molar-refractivity contribution in [2.75, 3.05) is 6.54 Å². The molecular formula is C8H16N2. The van der Waals surface area contributed by atoms with Crippen molar-refractivity contribution in [2.24, 2.45) is 0 Å². The van der Waals surface area contributed by atoms with Gasteiger partial charge in [0.25, 0.3) is 0 Å². The van der Waals surface area contributed by atoms with Gasteiger partial charge in [0.2, 0.25) is 0 Å². The molecule has 0 aliphatic carbocycles. The Balaban J connectivity index is 2.47. The monoisotopic (exact) mass is 140 g/mol. The predicted octanol–water partition coefficient (Wildman–Crippen LogP) is 1.86. The lowest BCUT2D eigenvalue weighted by Gasteiger charge is -2.34. The molecule has 1 aliphatic rings. The topological polar surface area (TPSA) is 27.1 Å². The first-order valence-electron chi connectivity index (χ1n) is 4.03. The number of piperidine rings is 1. The summed E-state index contributed by atoms with van der Waals surface area (Å²) in [6, 6.07) is 0.603. The average molecular weight is 140 g/mol. The quantitative estimate of drug-likeness (QED) is 0.403. The maximum Gasteiger partial charge on any atom is 0.0928 e. The van der Waals surface area contributed by atoms with Gasteiger partial charge in [0.1, 0.15) is 0 Å². The van der Waals surface area contributed by atoms with E-state index in [1.165, 1.54) is 19.3 Å². The van der Waals surface area contributed by atoms with Crippen molar-refractivity contribution in [1.82, 2.24) is 4.90 Å². The molecule has 1 heterocycles. The molecule has 0 radical (unpaired) electrons. The molecule has 1 rings (SSSR count). The molecular weight excluding hydrogens is 124 g/mol. The number of likely N-dealkylation sites (tertiary alicyclic amines) is 1. The first-order valence-corrected chi connectivity index (χ1v) is 4.03. The van der Waals surface area contributed by atoms with Crippen molar-refractivity contribution in [3.05, 3.63) is 0 Å². The third-order valence-corrected chi connectivity index (χ3v) is 2.23. The van der Waals surface area contributed by atoms with Crippen molar-refractivity contribution in [3.8, 4) is 0 Å². The molecule has 1 aliphatic heterocycles. The van der Waals surface area contributed by atoms with Crippen LogP contribution in [-0.4, -0.2) is 23.3 Å². The van der Waals surface area contributed by atoms with Crippen LogP contribution in [0.1, 0.15) is 33.1 Å². The summed E-state index contributed by atoms with van der Waals surface area (Å²) >= 11 is 0. The number of rotatable bonds is 0. The van der Waals surface area contributed by atoms with Crippen LogP contribution in [0.3, 0.4) is 0 Å². The van der Waals surface area contributed by atoms with Gasteiger partial charge >= 0.3 is 0 Å². The smallest absolute Gasteiger partial charge is 0.0928 e. The van der Waals surface area contributed by atoms with Gasteiger partial charge in [-0.3, -0.25) is 5.41 Å². The highest BCUT2D eigenvalue weighted by atomic mass is 15.2. The van der Waals surface area contributed by atoms with E-state index in [4.69, 9.17) is 5.41 Å². The zero-order chi connectivity index (χ0) is 7.56. The van der Waals surface area contributed by atoms with E-state index in [-0.39, 0.29) is 0 Å².